The summed E-state index contributed by atoms with van der Waals surface area (Å²) in [6.45, 7) is 0.0455. The summed E-state index contributed by atoms with van der Waals surface area (Å²) in [5.41, 5.74) is 1.73. The molecule has 0 aliphatic rings. The van der Waals surface area contributed by atoms with Gasteiger partial charge in [-0.05, 0) is 24.3 Å². The number of carbonyl (C=O) groups excluding carboxylic acids is 2. The Morgan fingerprint density at radius 3 is 2.72 bits per heavy atom. The zero-order chi connectivity index (χ0) is 18.0. The molecule has 0 aliphatic carbocycles. The number of esters is 1. The molecule has 0 fully saturated rings. The molecule has 0 spiro atoms. The maximum atomic E-state index is 12.4. The molecule has 3 aromatic rings. The molecule has 0 radical (unpaired) electrons. The van der Waals surface area contributed by atoms with E-state index in [0.717, 1.165) is 15.4 Å². The first-order valence-electron chi connectivity index (χ1n) is 7.40. The maximum Gasteiger partial charge on any atom is 0.340 e. The minimum Gasteiger partial charge on any atom is -0.465 e. The van der Waals surface area contributed by atoms with Gasteiger partial charge in [-0.1, -0.05) is 45.7 Å². The van der Waals surface area contributed by atoms with Gasteiger partial charge in [-0.15, -0.1) is 0 Å². The van der Waals surface area contributed by atoms with E-state index in [9.17, 15) is 9.59 Å². The Morgan fingerprint density at radius 1 is 1.24 bits per heavy atom. The van der Waals surface area contributed by atoms with Crippen molar-refractivity contribution in [2.24, 2.45) is 0 Å². The van der Waals surface area contributed by atoms with Crippen LogP contribution in [0.4, 0.5) is 5.69 Å². The lowest BCUT2D eigenvalue weighted by Crippen LogP contribution is -2.18. The van der Waals surface area contributed by atoms with E-state index in [-0.39, 0.29) is 12.5 Å². The van der Waals surface area contributed by atoms with Gasteiger partial charge < -0.3 is 14.6 Å². The van der Waals surface area contributed by atoms with E-state index in [0.29, 0.717) is 16.3 Å². The van der Waals surface area contributed by atoms with Crippen LogP contribution in [0, 0.1) is 0 Å². The van der Waals surface area contributed by atoms with Crippen molar-refractivity contribution in [2.45, 2.75) is 6.54 Å². The number of carbonyl (C=O) groups is 2. The van der Waals surface area contributed by atoms with Crippen molar-refractivity contribution >= 4 is 56.0 Å². The predicted octanol–water partition coefficient (Wildman–Crippen LogP) is 4.48. The van der Waals surface area contributed by atoms with Crippen LogP contribution in [0.2, 0.25) is 5.02 Å². The number of hydrogen-bond donors (Lipinski definition) is 1. The summed E-state index contributed by atoms with van der Waals surface area (Å²) in [4.78, 5) is 24.3. The summed E-state index contributed by atoms with van der Waals surface area (Å²) in [6.07, 6.45) is 1.62. The SMILES string of the molecule is COC(=O)c1cn(CC(=O)Nc2ccc(Br)cc2Cl)c2ccccc12. The van der Waals surface area contributed by atoms with Gasteiger partial charge in [0.15, 0.2) is 0 Å². The van der Waals surface area contributed by atoms with Crippen molar-refractivity contribution < 1.29 is 14.3 Å². The van der Waals surface area contributed by atoms with Crippen LogP contribution in [0.3, 0.4) is 0 Å². The number of benzene rings is 2. The van der Waals surface area contributed by atoms with Gasteiger partial charge in [0.2, 0.25) is 5.91 Å². The number of amides is 1. The molecule has 7 heteroatoms. The van der Waals surface area contributed by atoms with Crippen LogP contribution < -0.4 is 5.32 Å². The minimum atomic E-state index is -0.439. The molecule has 2 aromatic carbocycles. The number of nitrogens with zero attached hydrogens (tertiary/aromatic N) is 1. The normalized spacial score (nSPS) is 10.7. The fraction of sp³-hybridized carbons (Fsp3) is 0.111. The average Bonchev–Trinajstić information content (AvgIpc) is 2.95. The Balaban J connectivity index is 1.87. The summed E-state index contributed by atoms with van der Waals surface area (Å²) >= 11 is 9.44. The minimum absolute atomic E-state index is 0.0455. The van der Waals surface area contributed by atoms with Crippen LogP contribution >= 0.6 is 27.5 Å². The first-order chi connectivity index (χ1) is 12.0. The molecule has 0 atom stereocenters. The zero-order valence-electron chi connectivity index (χ0n) is 13.3. The molecule has 0 saturated heterocycles. The first kappa shape index (κ1) is 17.5. The Bertz CT molecular complexity index is 968. The lowest BCUT2D eigenvalue weighted by molar-refractivity contribution is -0.116. The van der Waals surface area contributed by atoms with Crippen LogP contribution in [-0.4, -0.2) is 23.6 Å². The highest BCUT2D eigenvalue weighted by Gasteiger charge is 2.17. The second kappa shape index (κ2) is 7.29. The smallest absolute Gasteiger partial charge is 0.340 e. The van der Waals surface area contributed by atoms with Crippen molar-refractivity contribution in [2.75, 3.05) is 12.4 Å². The van der Waals surface area contributed by atoms with E-state index in [1.807, 2.05) is 24.3 Å². The molecule has 25 heavy (non-hydrogen) atoms. The van der Waals surface area contributed by atoms with E-state index >= 15 is 0 Å². The summed E-state index contributed by atoms with van der Waals surface area (Å²) in [5, 5.41) is 3.95. The van der Waals surface area contributed by atoms with E-state index in [2.05, 4.69) is 21.2 Å². The first-order valence-corrected chi connectivity index (χ1v) is 8.58. The second-order valence-electron chi connectivity index (χ2n) is 5.35. The number of fused-ring (bicyclic) bond motifs is 1. The number of rotatable bonds is 4. The molecular weight excluding hydrogens is 408 g/mol. The highest BCUT2D eigenvalue weighted by Crippen LogP contribution is 2.26. The van der Waals surface area contributed by atoms with Gasteiger partial charge in [-0.3, -0.25) is 4.79 Å². The Hall–Kier alpha value is -2.31. The molecule has 5 nitrogen and oxygen atoms in total. The standard InChI is InChI=1S/C18H14BrClN2O3/c1-25-18(24)13-9-22(16-5-3-2-4-12(13)16)10-17(23)21-15-7-6-11(19)8-14(15)20/h2-9H,10H2,1H3,(H,21,23). The van der Waals surface area contributed by atoms with Crippen molar-refractivity contribution in [3.8, 4) is 0 Å². The number of hydrogen-bond acceptors (Lipinski definition) is 3. The molecule has 1 heterocycles. The molecule has 0 saturated carbocycles. The molecule has 0 aliphatic heterocycles. The number of ether oxygens (including phenoxy) is 1. The molecule has 3 rings (SSSR count). The number of methoxy groups -OCH3 is 1. The summed E-state index contributed by atoms with van der Waals surface area (Å²) in [7, 11) is 1.33. The van der Waals surface area contributed by atoms with Crippen LogP contribution in [0.1, 0.15) is 10.4 Å². The highest BCUT2D eigenvalue weighted by atomic mass is 79.9. The fourth-order valence-electron chi connectivity index (χ4n) is 2.59. The molecule has 0 unspecified atom stereocenters. The van der Waals surface area contributed by atoms with Gasteiger partial charge in [0.1, 0.15) is 6.54 Å². The lowest BCUT2D eigenvalue weighted by Gasteiger charge is -2.09. The van der Waals surface area contributed by atoms with E-state index in [1.165, 1.54) is 7.11 Å². The number of anilines is 1. The van der Waals surface area contributed by atoms with E-state index in [1.54, 1.807) is 29.0 Å². The Kier molecular flexibility index (Phi) is 5.11. The van der Waals surface area contributed by atoms with Gasteiger partial charge in [-0.2, -0.15) is 0 Å². The Morgan fingerprint density at radius 2 is 2.00 bits per heavy atom. The van der Waals surface area contributed by atoms with E-state index < -0.39 is 5.97 Å². The molecule has 1 aromatic heterocycles. The van der Waals surface area contributed by atoms with Gasteiger partial charge in [0.25, 0.3) is 0 Å². The monoisotopic (exact) mass is 420 g/mol. The number of aromatic nitrogens is 1. The van der Waals surface area contributed by atoms with Gasteiger partial charge in [0.05, 0.1) is 23.4 Å². The Labute approximate surface area is 157 Å². The third-order valence-corrected chi connectivity index (χ3v) is 4.52. The van der Waals surface area contributed by atoms with Crippen LogP contribution in [0.5, 0.6) is 0 Å². The van der Waals surface area contributed by atoms with Gasteiger partial charge in [0, 0.05) is 21.6 Å². The third kappa shape index (κ3) is 3.70. The van der Waals surface area contributed by atoms with Crippen LogP contribution in [-0.2, 0) is 16.1 Å². The molecule has 128 valence electrons. The lowest BCUT2D eigenvalue weighted by atomic mass is 10.2. The van der Waals surface area contributed by atoms with E-state index in [4.69, 9.17) is 16.3 Å². The quantitative estimate of drug-likeness (QED) is 0.632. The fourth-order valence-corrected chi connectivity index (χ4v) is 3.31. The predicted molar refractivity (Wildman–Crippen MR) is 101 cm³/mol. The largest absolute Gasteiger partial charge is 0.465 e. The molecule has 0 bridgehead atoms. The zero-order valence-corrected chi connectivity index (χ0v) is 15.6. The van der Waals surface area contributed by atoms with Crippen molar-refractivity contribution in [1.29, 1.82) is 0 Å². The molecular formula is C18H14BrClN2O3. The maximum absolute atomic E-state index is 12.4. The molecule has 1 amide bonds. The number of para-hydroxylation sites is 1. The summed E-state index contributed by atoms with van der Waals surface area (Å²) in [6, 6.07) is 12.6. The number of halogens is 2. The summed E-state index contributed by atoms with van der Waals surface area (Å²) in [5.74, 6) is -0.687. The van der Waals surface area contributed by atoms with Gasteiger partial charge >= 0.3 is 5.97 Å². The summed E-state index contributed by atoms with van der Waals surface area (Å²) < 4.78 is 7.35. The van der Waals surface area contributed by atoms with Crippen molar-refractivity contribution in [1.82, 2.24) is 4.57 Å². The number of nitrogens with one attached hydrogen (secondary N) is 1. The van der Waals surface area contributed by atoms with Gasteiger partial charge in [-0.25, -0.2) is 4.79 Å². The second-order valence-corrected chi connectivity index (χ2v) is 6.67. The van der Waals surface area contributed by atoms with Crippen LogP contribution in [0.25, 0.3) is 10.9 Å². The topological polar surface area (TPSA) is 60.3 Å². The average molecular weight is 422 g/mol. The van der Waals surface area contributed by atoms with Crippen LogP contribution in [0.15, 0.2) is 53.1 Å². The highest BCUT2D eigenvalue weighted by molar-refractivity contribution is 9.10. The third-order valence-electron chi connectivity index (χ3n) is 3.71. The molecule has 1 N–H and O–H groups in total. The van der Waals surface area contributed by atoms with Crippen molar-refractivity contribution in [3.63, 3.8) is 0 Å². The van der Waals surface area contributed by atoms with Crippen molar-refractivity contribution in [3.05, 3.63) is 63.7 Å².